The van der Waals surface area contributed by atoms with Gasteiger partial charge in [-0.3, -0.25) is 9.59 Å². The van der Waals surface area contributed by atoms with Crippen LogP contribution in [0.4, 0.5) is 17.1 Å². The standard InChI is InChI=1S/C29H28N4O4/c1-32(2)14-13-25(34)33-15-12-19-16-21(9-11-24(19)33)30-27(18-6-4-3-5-7-18)26-22-10-8-20(29(36)37)17-23(22)31-28(26)35/h3-11,16-17,30H,12-15H2,1-2H3,(H,31,35)(H,36,37)/b27-26-. The molecule has 0 radical (unpaired) electrons. The van der Waals surface area contributed by atoms with Gasteiger partial charge in [-0.05, 0) is 62.0 Å². The molecular formula is C29H28N4O4. The number of benzene rings is 3. The fraction of sp³-hybridized carbons (Fsp3) is 0.207. The third-order valence-electron chi connectivity index (χ3n) is 6.64. The molecule has 188 valence electrons. The third-order valence-corrected chi connectivity index (χ3v) is 6.64. The van der Waals surface area contributed by atoms with E-state index >= 15 is 0 Å². The average molecular weight is 497 g/mol. The molecule has 37 heavy (non-hydrogen) atoms. The molecule has 8 heteroatoms. The molecule has 2 amide bonds. The Morgan fingerprint density at radius 1 is 1.03 bits per heavy atom. The molecule has 0 aromatic heterocycles. The number of hydrogen-bond acceptors (Lipinski definition) is 5. The predicted molar refractivity (Wildman–Crippen MR) is 145 cm³/mol. The SMILES string of the molecule is CN(C)CCC(=O)N1CCc2cc(N/C(=C3\C(=O)Nc4cc(C(=O)O)ccc43)c3ccccc3)ccc21. The predicted octanol–water partition coefficient (Wildman–Crippen LogP) is 4.16. The van der Waals surface area contributed by atoms with Crippen LogP contribution >= 0.6 is 0 Å². The summed E-state index contributed by atoms with van der Waals surface area (Å²) >= 11 is 0. The van der Waals surface area contributed by atoms with Gasteiger partial charge in [-0.15, -0.1) is 0 Å². The van der Waals surface area contributed by atoms with Gasteiger partial charge >= 0.3 is 5.97 Å². The van der Waals surface area contributed by atoms with Crippen LogP contribution in [-0.4, -0.2) is 55.0 Å². The number of nitrogens with zero attached hydrogens (tertiary/aromatic N) is 2. The molecular weight excluding hydrogens is 468 g/mol. The zero-order valence-electron chi connectivity index (χ0n) is 20.7. The third kappa shape index (κ3) is 4.83. The van der Waals surface area contributed by atoms with Gasteiger partial charge in [0.05, 0.1) is 22.5 Å². The number of carbonyl (C=O) groups is 3. The lowest BCUT2D eigenvalue weighted by Gasteiger charge is -2.19. The van der Waals surface area contributed by atoms with Gasteiger partial charge in [0, 0.05) is 36.4 Å². The van der Waals surface area contributed by atoms with Crippen LogP contribution in [0.25, 0.3) is 11.3 Å². The number of nitrogens with one attached hydrogen (secondary N) is 2. The van der Waals surface area contributed by atoms with Crippen LogP contribution in [-0.2, 0) is 16.0 Å². The minimum absolute atomic E-state index is 0.109. The van der Waals surface area contributed by atoms with Crippen LogP contribution in [0, 0.1) is 0 Å². The minimum Gasteiger partial charge on any atom is -0.478 e. The number of aromatic carboxylic acids is 1. The Morgan fingerprint density at radius 2 is 1.81 bits per heavy atom. The van der Waals surface area contributed by atoms with Crippen molar-refractivity contribution >= 4 is 46.1 Å². The summed E-state index contributed by atoms with van der Waals surface area (Å²) in [5, 5.41) is 15.6. The molecule has 3 aromatic rings. The van der Waals surface area contributed by atoms with Crippen LogP contribution in [0.3, 0.4) is 0 Å². The highest BCUT2D eigenvalue weighted by Gasteiger charge is 2.30. The van der Waals surface area contributed by atoms with Crippen LogP contribution in [0.15, 0.2) is 66.7 Å². The van der Waals surface area contributed by atoms with Crippen molar-refractivity contribution < 1.29 is 19.5 Å². The van der Waals surface area contributed by atoms with E-state index in [1.807, 2.05) is 72.4 Å². The number of amides is 2. The summed E-state index contributed by atoms with van der Waals surface area (Å²) in [6.07, 6.45) is 1.23. The van der Waals surface area contributed by atoms with E-state index < -0.39 is 5.97 Å². The van der Waals surface area contributed by atoms with E-state index in [1.54, 1.807) is 6.07 Å². The Morgan fingerprint density at radius 3 is 2.54 bits per heavy atom. The molecule has 2 aliphatic rings. The van der Waals surface area contributed by atoms with E-state index in [-0.39, 0.29) is 17.4 Å². The fourth-order valence-corrected chi connectivity index (χ4v) is 4.77. The second-order valence-electron chi connectivity index (χ2n) is 9.45. The van der Waals surface area contributed by atoms with E-state index in [2.05, 4.69) is 10.6 Å². The van der Waals surface area contributed by atoms with Crippen LogP contribution < -0.4 is 15.5 Å². The summed E-state index contributed by atoms with van der Waals surface area (Å²) in [6, 6.07) is 20.1. The summed E-state index contributed by atoms with van der Waals surface area (Å²) in [5.41, 5.74) is 5.90. The zero-order chi connectivity index (χ0) is 26.1. The summed E-state index contributed by atoms with van der Waals surface area (Å²) in [6.45, 7) is 1.36. The molecule has 0 saturated heterocycles. The maximum absolute atomic E-state index is 13.1. The Hall–Kier alpha value is -4.43. The number of anilines is 3. The van der Waals surface area contributed by atoms with Gasteiger partial charge in [0.15, 0.2) is 0 Å². The highest BCUT2D eigenvalue weighted by molar-refractivity contribution is 6.37. The molecule has 0 saturated carbocycles. The van der Waals surface area contributed by atoms with Crippen LogP contribution in [0.5, 0.6) is 0 Å². The van der Waals surface area contributed by atoms with Crippen LogP contribution in [0.1, 0.15) is 33.5 Å². The molecule has 0 aliphatic carbocycles. The van der Waals surface area contributed by atoms with E-state index in [4.69, 9.17) is 0 Å². The van der Waals surface area contributed by atoms with Crippen molar-refractivity contribution in [2.75, 3.05) is 42.7 Å². The fourth-order valence-electron chi connectivity index (χ4n) is 4.77. The van der Waals surface area contributed by atoms with E-state index in [0.717, 1.165) is 28.9 Å². The summed E-state index contributed by atoms with van der Waals surface area (Å²) in [4.78, 5) is 41.1. The van der Waals surface area contributed by atoms with Crippen molar-refractivity contribution in [3.63, 3.8) is 0 Å². The molecule has 2 heterocycles. The number of hydrogen-bond donors (Lipinski definition) is 3. The van der Waals surface area contributed by atoms with Crippen LogP contribution in [0.2, 0.25) is 0 Å². The first kappa shape index (κ1) is 24.3. The lowest BCUT2D eigenvalue weighted by molar-refractivity contribution is -0.118. The number of rotatable bonds is 7. The van der Waals surface area contributed by atoms with Crippen molar-refractivity contribution in [3.05, 3.63) is 89.0 Å². The van der Waals surface area contributed by atoms with Gasteiger partial charge in [-0.25, -0.2) is 4.79 Å². The molecule has 0 atom stereocenters. The van der Waals surface area contributed by atoms with Gasteiger partial charge in [-0.2, -0.15) is 0 Å². The molecule has 3 aromatic carbocycles. The summed E-state index contributed by atoms with van der Waals surface area (Å²) in [7, 11) is 3.91. The topological polar surface area (TPSA) is 102 Å². The highest BCUT2D eigenvalue weighted by Crippen LogP contribution is 2.39. The van der Waals surface area contributed by atoms with Gasteiger partial charge in [0.1, 0.15) is 0 Å². The monoisotopic (exact) mass is 496 g/mol. The molecule has 0 bridgehead atoms. The Bertz CT molecular complexity index is 1430. The van der Waals surface area contributed by atoms with Gasteiger partial charge in [0.25, 0.3) is 5.91 Å². The van der Waals surface area contributed by atoms with Crippen molar-refractivity contribution in [3.8, 4) is 0 Å². The lowest BCUT2D eigenvalue weighted by atomic mass is 9.99. The minimum atomic E-state index is -1.05. The first-order valence-corrected chi connectivity index (χ1v) is 12.2. The maximum Gasteiger partial charge on any atom is 0.335 e. The largest absolute Gasteiger partial charge is 0.478 e. The van der Waals surface area contributed by atoms with Crippen molar-refractivity contribution in [2.45, 2.75) is 12.8 Å². The number of carbonyl (C=O) groups excluding carboxylic acids is 2. The average Bonchev–Trinajstić information content (AvgIpc) is 3.45. The maximum atomic E-state index is 13.1. The zero-order valence-corrected chi connectivity index (χ0v) is 20.7. The molecule has 5 rings (SSSR count). The number of carboxylic acid groups (broad SMARTS) is 1. The summed E-state index contributed by atoms with van der Waals surface area (Å²) < 4.78 is 0. The first-order chi connectivity index (χ1) is 17.8. The smallest absolute Gasteiger partial charge is 0.335 e. The summed E-state index contributed by atoms with van der Waals surface area (Å²) in [5.74, 6) is -1.24. The van der Waals surface area contributed by atoms with Gasteiger partial charge in [0.2, 0.25) is 5.91 Å². The van der Waals surface area contributed by atoms with E-state index in [1.165, 1.54) is 12.1 Å². The molecule has 3 N–H and O–H groups in total. The molecule has 2 aliphatic heterocycles. The Balaban J connectivity index is 1.51. The second-order valence-corrected chi connectivity index (χ2v) is 9.45. The molecule has 8 nitrogen and oxygen atoms in total. The Kier molecular flexibility index (Phi) is 6.50. The first-order valence-electron chi connectivity index (χ1n) is 12.2. The van der Waals surface area contributed by atoms with Gasteiger partial charge in [-0.1, -0.05) is 36.4 Å². The number of fused-ring (bicyclic) bond motifs is 2. The van der Waals surface area contributed by atoms with Crippen molar-refractivity contribution in [1.29, 1.82) is 0 Å². The quantitative estimate of drug-likeness (QED) is 0.425. The van der Waals surface area contributed by atoms with Crippen molar-refractivity contribution in [1.82, 2.24) is 4.90 Å². The van der Waals surface area contributed by atoms with E-state index in [9.17, 15) is 19.5 Å². The molecule has 0 fully saturated rings. The second kappa shape index (κ2) is 9.91. The molecule has 0 spiro atoms. The van der Waals surface area contributed by atoms with E-state index in [0.29, 0.717) is 42.0 Å². The lowest BCUT2D eigenvalue weighted by Crippen LogP contribution is -2.31. The Labute approximate surface area is 215 Å². The van der Waals surface area contributed by atoms with Gasteiger partial charge < -0.3 is 25.5 Å². The molecule has 0 unspecified atom stereocenters. The number of carboxylic acids is 1. The normalized spacial score (nSPS) is 15.3. The highest BCUT2D eigenvalue weighted by atomic mass is 16.4. The van der Waals surface area contributed by atoms with Crippen molar-refractivity contribution in [2.24, 2.45) is 0 Å².